The molecular formula is C16H19N5O2. The third kappa shape index (κ3) is 3.48. The number of rotatable bonds is 3. The summed E-state index contributed by atoms with van der Waals surface area (Å²) < 4.78 is 0. The van der Waals surface area contributed by atoms with Gasteiger partial charge in [0.25, 0.3) is 0 Å². The van der Waals surface area contributed by atoms with E-state index in [9.17, 15) is 15.3 Å². The van der Waals surface area contributed by atoms with Crippen LogP contribution < -0.4 is 5.43 Å². The summed E-state index contributed by atoms with van der Waals surface area (Å²) in [6, 6.07) is 8.79. The molecule has 7 nitrogen and oxygen atoms in total. The third-order valence-corrected chi connectivity index (χ3v) is 4.46. The molecule has 120 valence electrons. The van der Waals surface area contributed by atoms with Gasteiger partial charge in [-0.1, -0.05) is 25.1 Å². The number of carbonyl (C=O) groups is 1. The van der Waals surface area contributed by atoms with Gasteiger partial charge >= 0.3 is 5.97 Å². The minimum Gasteiger partial charge on any atom is -0.347 e. The lowest BCUT2D eigenvalue weighted by atomic mass is 9.69. The van der Waals surface area contributed by atoms with E-state index in [1.165, 1.54) is 11.4 Å². The van der Waals surface area contributed by atoms with Crippen LogP contribution in [0.3, 0.4) is 0 Å². The molecule has 0 radical (unpaired) electrons. The van der Waals surface area contributed by atoms with E-state index in [0.29, 0.717) is 19.4 Å². The fraction of sp³-hybridized carbons (Fsp3) is 0.500. The minimum absolute atomic E-state index is 0.183. The average molecular weight is 313 g/mol. The number of nitrogens with zero attached hydrogens (tertiary/aromatic N) is 4. The molecule has 0 bridgehead atoms. The Hall–Kier alpha value is -2.48. The van der Waals surface area contributed by atoms with E-state index in [-0.39, 0.29) is 11.6 Å². The highest BCUT2D eigenvalue weighted by molar-refractivity contribution is 5.86. The molecule has 1 saturated heterocycles. The maximum atomic E-state index is 12.1. The second-order valence-electron chi connectivity index (χ2n) is 5.72. The number of carbonyl (C=O) groups excluding carboxylic acids is 1. The van der Waals surface area contributed by atoms with Crippen molar-refractivity contribution < 1.29 is 9.63 Å². The molecule has 2 heterocycles. The number of hydrogen-bond donors (Lipinski definition) is 1. The number of hydroxylamine groups is 1. The Labute approximate surface area is 135 Å². The van der Waals surface area contributed by atoms with Crippen molar-refractivity contribution >= 4 is 5.97 Å². The van der Waals surface area contributed by atoms with Crippen LogP contribution in [0.2, 0.25) is 0 Å². The lowest BCUT2D eigenvalue weighted by molar-refractivity contribution is -0.151. The topological polar surface area (TPSA) is 102 Å². The standard InChI is InChI=1S/C16H19N5O2/c1-3-16(2)12(10-17)7-9-21(20-14(16)11-18)23-15(22)13-6-4-5-8-19-13/h4-6,8,12,14,20H,3,7,9H2,1-2H3. The molecule has 23 heavy (non-hydrogen) atoms. The lowest BCUT2D eigenvalue weighted by Crippen LogP contribution is -2.50. The highest BCUT2D eigenvalue weighted by atomic mass is 16.7. The van der Waals surface area contributed by atoms with Crippen molar-refractivity contribution in [1.29, 1.82) is 10.5 Å². The second kappa shape index (κ2) is 7.19. The predicted octanol–water partition coefficient (Wildman–Crippen LogP) is 1.81. The summed E-state index contributed by atoms with van der Waals surface area (Å²) in [7, 11) is 0. The van der Waals surface area contributed by atoms with Gasteiger partial charge in [-0.05, 0) is 25.0 Å². The maximum Gasteiger partial charge on any atom is 0.376 e. The van der Waals surface area contributed by atoms with Crippen molar-refractivity contribution in [2.75, 3.05) is 6.54 Å². The predicted molar refractivity (Wildman–Crippen MR) is 81.0 cm³/mol. The molecule has 1 fully saturated rings. The quantitative estimate of drug-likeness (QED) is 0.907. The van der Waals surface area contributed by atoms with Crippen molar-refractivity contribution in [3.8, 4) is 12.1 Å². The van der Waals surface area contributed by atoms with E-state index in [2.05, 4.69) is 22.5 Å². The highest BCUT2D eigenvalue weighted by Crippen LogP contribution is 2.38. The van der Waals surface area contributed by atoms with Crippen molar-refractivity contribution in [1.82, 2.24) is 15.6 Å². The lowest BCUT2D eigenvalue weighted by Gasteiger charge is -2.35. The van der Waals surface area contributed by atoms with E-state index in [1.54, 1.807) is 18.2 Å². The fourth-order valence-corrected chi connectivity index (χ4v) is 2.67. The Bertz CT molecular complexity index is 636. The fourth-order valence-electron chi connectivity index (χ4n) is 2.67. The molecule has 1 aliphatic rings. The van der Waals surface area contributed by atoms with Gasteiger partial charge in [0.1, 0.15) is 11.7 Å². The smallest absolute Gasteiger partial charge is 0.347 e. The van der Waals surface area contributed by atoms with Crippen LogP contribution in [-0.4, -0.2) is 28.7 Å². The van der Waals surface area contributed by atoms with Gasteiger partial charge in [0.15, 0.2) is 0 Å². The van der Waals surface area contributed by atoms with E-state index in [1.807, 2.05) is 13.8 Å². The molecule has 7 heteroatoms. The number of pyridine rings is 1. The van der Waals surface area contributed by atoms with Crippen molar-refractivity contribution in [3.05, 3.63) is 30.1 Å². The SMILES string of the molecule is CCC1(C)C(C#N)CCN(OC(=O)c2ccccn2)NC1C#N. The van der Waals surface area contributed by atoms with Crippen LogP contribution >= 0.6 is 0 Å². The zero-order valence-electron chi connectivity index (χ0n) is 13.2. The van der Waals surface area contributed by atoms with Crippen LogP contribution in [0.5, 0.6) is 0 Å². The first-order valence-corrected chi connectivity index (χ1v) is 7.51. The van der Waals surface area contributed by atoms with Gasteiger partial charge in [-0.15, -0.1) is 0 Å². The zero-order chi connectivity index (χ0) is 16.9. The van der Waals surface area contributed by atoms with Crippen molar-refractivity contribution in [2.45, 2.75) is 32.7 Å². The summed E-state index contributed by atoms with van der Waals surface area (Å²) in [4.78, 5) is 21.3. The molecule has 1 aromatic heterocycles. The van der Waals surface area contributed by atoms with Crippen molar-refractivity contribution in [2.24, 2.45) is 11.3 Å². The summed E-state index contributed by atoms with van der Waals surface area (Å²) >= 11 is 0. The third-order valence-electron chi connectivity index (χ3n) is 4.46. The first-order valence-electron chi connectivity index (χ1n) is 7.51. The number of nitriles is 2. The van der Waals surface area contributed by atoms with Gasteiger partial charge in [-0.3, -0.25) is 0 Å². The largest absolute Gasteiger partial charge is 0.376 e. The van der Waals surface area contributed by atoms with E-state index in [0.717, 1.165) is 0 Å². The first kappa shape index (κ1) is 16.9. The summed E-state index contributed by atoms with van der Waals surface area (Å²) in [5, 5.41) is 20.1. The molecule has 0 amide bonds. The van der Waals surface area contributed by atoms with E-state index >= 15 is 0 Å². The second-order valence-corrected chi connectivity index (χ2v) is 5.72. The molecule has 3 unspecified atom stereocenters. The van der Waals surface area contributed by atoms with Gasteiger partial charge in [0.05, 0.1) is 24.6 Å². The average Bonchev–Trinajstić information content (AvgIpc) is 2.72. The Morgan fingerprint density at radius 2 is 2.30 bits per heavy atom. The van der Waals surface area contributed by atoms with Crippen LogP contribution in [0.1, 0.15) is 37.2 Å². The number of hydrazine groups is 1. The first-order chi connectivity index (χ1) is 11.0. The Kier molecular flexibility index (Phi) is 5.28. The molecule has 0 saturated carbocycles. The van der Waals surface area contributed by atoms with Gasteiger partial charge < -0.3 is 4.84 Å². The molecule has 1 aliphatic heterocycles. The summed E-state index contributed by atoms with van der Waals surface area (Å²) in [5.41, 5.74) is 2.59. The zero-order valence-corrected chi connectivity index (χ0v) is 13.2. The summed E-state index contributed by atoms with van der Waals surface area (Å²) in [6.07, 6.45) is 2.67. The van der Waals surface area contributed by atoms with Crippen LogP contribution in [-0.2, 0) is 4.84 Å². The van der Waals surface area contributed by atoms with Crippen LogP contribution in [0.4, 0.5) is 0 Å². The number of aromatic nitrogens is 1. The normalized spacial score (nSPS) is 28.2. The van der Waals surface area contributed by atoms with Gasteiger partial charge in [0, 0.05) is 11.6 Å². The Morgan fingerprint density at radius 3 is 2.87 bits per heavy atom. The van der Waals surface area contributed by atoms with Crippen molar-refractivity contribution in [3.63, 3.8) is 0 Å². The molecule has 0 aliphatic carbocycles. The Morgan fingerprint density at radius 1 is 1.52 bits per heavy atom. The van der Waals surface area contributed by atoms with Gasteiger partial charge in [0.2, 0.25) is 0 Å². The molecule has 2 rings (SSSR count). The number of hydrogen-bond acceptors (Lipinski definition) is 7. The van der Waals surface area contributed by atoms with E-state index < -0.39 is 17.4 Å². The van der Waals surface area contributed by atoms with Crippen LogP contribution in [0.15, 0.2) is 24.4 Å². The molecule has 0 aromatic carbocycles. The van der Waals surface area contributed by atoms with Crippen LogP contribution in [0, 0.1) is 34.0 Å². The number of nitrogens with one attached hydrogen (secondary N) is 1. The molecule has 1 aromatic rings. The molecule has 0 spiro atoms. The van der Waals surface area contributed by atoms with Gasteiger partial charge in [-0.2, -0.15) is 10.5 Å². The van der Waals surface area contributed by atoms with Crippen LogP contribution in [0.25, 0.3) is 0 Å². The summed E-state index contributed by atoms with van der Waals surface area (Å²) in [6.45, 7) is 4.18. The maximum absolute atomic E-state index is 12.1. The monoisotopic (exact) mass is 313 g/mol. The molecule has 1 N–H and O–H groups in total. The molecule has 3 atom stereocenters. The highest BCUT2D eigenvalue weighted by Gasteiger charge is 2.44. The summed E-state index contributed by atoms with van der Waals surface area (Å²) in [5.74, 6) is -0.911. The Balaban J connectivity index is 2.16. The molecular weight excluding hydrogens is 294 g/mol. The minimum atomic E-state index is -0.629. The van der Waals surface area contributed by atoms with Gasteiger partial charge in [-0.25, -0.2) is 15.2 Å². The van der Waals surface area contributed by atoms with E-state index in [4.69, 9.17) is 4.84 Å².